The largest absolute Gasteiger partial charge is 0.508 e. The zero-order valence-electron chi connectivity index (χ0n) is 9.88. The van der Waals surface area contributed by atoms with Gasteiger partial charge in [-0.15, -0.1) is 0 Å². The number of aromatic hydroxyl groups is 1. The quantitative estimate of drug-likeness (QED) is 0.911. The Balaban J connectivity index is 2.09. The van der Waals surface area contributed by atoms with E-state index < -0.39 is 10.0 Å². The van der Waals surface area contributed by atoms with E-state index in [0.717, 1.165) is 5.56 Å². The molecule has 0 aliphatic heterocycles. The van der Waals surface area contributed by atoms with Crippen molar-refractivity contribution in [3.05, 3.63) is 59.1 Å². The van der Waals surface area contributed by atoms with Crippen molar-refractivity contribution in [2.75, 3.05) is 0 Å². The number of rotatable bonds is 4. The van der Waals surface area contributed by atoms with Crippen LogP contribution < -0.4 is 4.72 Å². The Hall–Kier alpha value is -1.56. The SMILES string of the molecule is O=S(=O)(NCc1ccc(Cl)cc1)c1ccc(O)cc1. The molecule has 0 saturated heterocycles. The number of phenolic OH excluding ortho intramolecular Hbond substituents is 1. The predicted octanol–water partition coefficient (Wildman–Crippen LogP) is 2.52. The van der Waals surface area contributed by atoms with Crippen LogP contribution in [0.2, 0.25) is 5.02 Å². The molecule has 0 heterocycles. The molecule has 0 atom stereocenters. The molecule has 2 aromatic rings. The highest BCUT2D eigenvalue weighted by atomic mass is 35.5. The molecule has 6 heteroatoms. The Bertz CT molecular complexity index is 651. The maximum Gasteiger partial charge on any atom is 0.240 e. The summed E-state index contributed by atoms with van der Waals surface area (Å²) in [6, 6.07) is 12.3. The van der Waals surface area contributed by atoms with Gasteiger partial charge >= 0.3 is 0 Å². The number of benzene rings is 2. The van der Waals surface area contributed by atoms with Crippen LogP contribution in [0.15, 0.2) is 53.4 Å². The van der Waals surface area contributed by atoms with Crippen LogP contribution in [0.3, 0.4) is 0 Å². The first-order chi connectivity index (χ1) is 8.97. The van der Waals surface area contributed by atoms with Crippen LogP contribution in [0.5, 0.6) is 5.75 Å². The lowest BCUT2D eigenvalue weighted by Crippen LogP contribution is -2.23. The lowest BCUT2D eigenvalue weighted by atomic mass is 10.2. The van der Waals surface area contributed by atoms with Gasteiger partial charge in [-0.05, 0) is 42.0 Å². The smallest absolute Gasteiger partial charge is 0.240 e. The number of hydrogen-bond donors (Lipinski definition) is 2. The second-order valence-corrected chi connectivity index (χ2v) is 6.15. The van der Waals surface area contributed by atoms with Crippen LogP contribution in [0, 0.1) is 0 Å². The van der Waals surface area contributed by atoms with E-state index in [0.29, 0.717) is 5.02 Å². The Morgan fingerprint density at radius 1 is 1.00 bits per heavy atom. The highest BCUT2D eigenvalue weighted by Gasteiger charge is 2.13. The van der Waals surface area contributed by atoms with Gasteiger partial charge in [0.05, 0.1) is 4.90 Å². The maximum absolute atomic E-state index is 12.0. The normalized spacial score (nSPS) is 11.4. The minimum Gasteiger partial charge on any atom is -0.508 e. The van der Waals surface area contributed by atoms with Crippen molar-refractivity contribution >= 4 is 21.6 Å². The van der Waals surface area contributed by atoms with E-state index in [1.807, 2.05) is 0 Å². The summed E-state index contributed by atoms with van der Waals surface area (Å²) in [5.74, 6) is 0.0247. The van der Waals surface area contributed by atoms with Crippen molar-refractivity contribution in [1.29, 1.82) is 0 Å². The van der Waals surface area contributed by atoms with Gasteiger partial charge in [0.1, 0.15) is 5.75 Å². The van der Waals surface area contributed by atoms with Crippen molar-refractivity contribution < 1.29 is 13.5 Å². The molecule has 0 aromatic heterocycles. The third kappa shape index (κ3) is 3.70. The number of hydrogen-bond acceptors (Lipinski definition) is 3. The molecule has 0 amide bonds. The van der Waals surface area contributed by atoms with Gasteiger partial charge in [-0.3, -0.25) is 0 Å². The first kappa shape index (κ1) is 13.9. The lowest BCUT2D eigenvalue weighted by Gasteiger charge is -2.07. The van der Waals surface area contributed by atoms with E-state index in [4.69, 9.17) is 16.7 Å². The van der Waals surface area contributed by atoms with Gasteiger partial charge in [-0.2, -0.15) is 0 Å². The Kier molecular flexibility index (Phi) is 4.09. The third-order valence-corrected chi connectivity index (χ3v) is 4.20. The summed E-state index contributed by atoms with van der Waals surface area (Å²) >= 11 is 5.75. The van der Waals surface area contributed by atoms with E-state index in [1.165, 1.54) is 24.3 Å². The first-order valence-corrected chi connectivity index (χ1v) is 7.37. The highest BCUT2D eigenvalue weighted by Crippen LogP contribution is 2.15. The summed E-state index contributed by atoms with van der Waals surface area (Å²) in [5, 5.41) is 9.73. The van der Waals surface area contributed by atoms with Gasteiger partial charge in [0, 0.05) is 11.6 Å². The summed E-state index contributed by atoms with van der Waals surface area (Å²) in [5.41, 5.74) is 0.812. The molecule has 2 aromatic carbocycles. The van der Waals surface area contributed by atoms with E-state index in [9.17, 15) is 8.42 Å². The van der Waals surface area contributed by atoms with Crippen LogP contribution >= 0.6 is 11.6 Å². The number of nitrogens with one attached hydrogen (secondary N) is 1. The van der Waals surface area contributed by atoms with Crippen molar-refractivity contribution in [3.63, 3.8) is 0 Å². The molecule has 0 aliphatic rings. The topological polar surface area (TPSA) is 66.4 Å². The molecule has 0 spiro atoms. The van der Waals surface area contributed by atoms with Crippen LogP contribution in [-0.2, 0) is 16.6 Å². The molecule has 0 radical (unpaired) electrons. The second kappa shape index (κ2) is 5.61. The standard InChI is InChI=1S/C13H12ClNO3S/c14-11-3-1-10(2-4-11)9-15-19(17,18)13-7-5-12(16)6-8-13/h1-8,15-16H,9H2. The Labute approximate surface area is 116 Å². The van der Waals surface area contributed by atoms with Gasteiger partial charge in [-0.1, -0.05) is 23.7 Å². The minimum absolute atomic E-state index is 0.0247. The molecule has 2 rings (SSSR count). The maximum atomic E-state index is 12.0. The fourth-order valence-corrected chi connectivity index (χ4v) is 2.63. The summed E-state index contributed by atoms with van der Waals surface area (Å²) in [6.07, 6.45) is 0. The Morgan fingerprint density at radius 2 is 1.58 bits per heavy atom. The Morgan fingerprint density at radius 3 is 2.16 bits per heavy atom. The van der Waals surface area contributed by atoms with E-state index in [2.05, 4.69) is 4.72 Å². The molecule has 0 aliphatic carbocycles. The second-order valence-electron chi connectivity index (χ2n) is 3.94. The van der Waals surface area contributed by atoms with Crippen molar-refractivity contribution in [3.8, 4) is 5.75 Å². The number of phenols is 1. The van der Waals surface area contributed by atoms with Crippen LogP contribution in [0.4, 0.5) is 0 Å². The predicted molar refractivity (Wildman–Crippen MR) is 73.6 cm³/mol. The molecule has 0 bridgehead atoms. The van der Waals surface area contributed by atoms with Gasteiger partial charge < -0.3 is 5.11 Å². The molecule has 2 N–H and O–H groups in total. The molecule has 0 saturated carbocycles. The highest BCUT2D eigenvalue weighted by molar-refractivity contribution is 7.89. The van der Waals surface area contributed by atoms with Crippen LogP contribution in [0.1, 0.15) is 5.56 Å². The van der Waals surface area contributed by atoms with E-state index in [1.54, 1.807) is 24.3 Å². The zero-order valence-corrected chi connectivity index (χ0v) is 11.4. The van der Waals surface area contributed by atoms with Crippen molar-refractivity contribution in [2.45, 2.75) is 11.4 Å². The fourth-order valence-electron chi connectivity index (χ4n) is 1.49. The molecular weight excluding hydrogens is 286 g/mol. The molecule has 19 heavy (non-hydrogen) atoms. The van der Waals surface area contributed by atoms with Crippen molar-refractivity contribution in [2.24, 2.45) is 0 Å². The summed E-state index contributed by atoms with van der Waals surface area (Å²) < 4.78 is 26.4. The lowest BCUT2D eigenvalue weighted by molar-refractivity contribution is 0.474. The summed E-state index contributed by atoms with van der Waals surface area (Å²) in [6.45, 7) is 0.181. The average Bonchev–Trinajstić information content (AvgIpc) is 2.39. The summed E-state index contributed by atoms with van der Waals surface area (Å²) in [7, 11) is -3.58. The third-order valence-electron chi connectivity index (χ3n) is 2.53. The molecule has 4 nitrogen and oxygen atoms in total. The van der Waals surface area contributed by atoms with Crippen molar-refractivity contribution in [1.82, 2.24) is 4.72 Å². The average molecular weight is 298 g/mol. The van der Waals surface area contributed by atoms with Crippen LogP contribution in [0.25, 0.3) is 0 Å². The summed E-state index contributed by atoms with van der Waals surface area (Å²) in [4.78, 5) is 0.110. The monoisotopic (exact) mass is 297 g/mol. The molecule has 0 unspecified atom stereocenters. The van der Waals surface area contributed by atoms with E-state index >= 15 is 0 Å². The van der Waals surface area contributed by atoms with Gasteiger partial charge in [0.25, 0.3) is 0 Å². The minimum atomic E-state index is -3.58. The van der Waals surface area contributed by atoms with Gasteiger partial charge in [-0.25, -0.2) is 13.1 Å². The van der Waals surface area contributed by atoms with E-state index in [-0.39, 0.29) is 17.2 Å². The number of halogens is 1. The van der Waals surface area contributed by atoms with Gasteiger partial charge in [0.2, 0.25) is 10.0 Å². The van der Waals surface area contributed by atoms with Crippen LogP contribution in [-0.4, -0.2) is 13.5 Å². The fraction of sp³-hybridized carbons (Fsp3) is 0.0769. The first-order valence-electron chi connectivity index (χ1n) is 5.50. The number of sulfonamides is 1. The molecule has 100 valence electrons. The van der Waals surface area contributed by atoms with Gasteiger partial charge in [0.15, 0.2) is 0 Å². The molecular formula is C13H12ClNO3S. The zero-order chi connectivity index (χ0) is 13.9. The molecule has 0 fully saturated rings.